The van der Waals surface area contributed by atoms with Crippen molar-refractivity contribution in [2.75, 3.05) is 0 Å². The molecule has 1 unspecified atom stereocenters. The number of aryl methyl sites for hydroxylation is 3. The van der Waals surface area contributed by atoms with Crippen molar-refractivity contribution >= 4 is 23.1 Å². The molecule has 3 aromatic rings. The molecule has 0 bridgehead atoms. The van der Waals surface area contributed by atoms with Gasteiger partial charge in [-0.1, -0.05) is 6.92 Å². The van der Waals surface area contributed by atoms with Gasteiger partial charge in [-0.05, 0) is 56.5 Å². The van der Waals surface area contributed by atoms with Gasteiger partial charge in [-0.25, -0.2) is 19.6 Å². The van der Waals surface area contributed by atoms with Crippen LogP contribution in [0.3, 0.4) is 0 Å². The summed E-state index contributed by atoms with van der Waals surface area (Å²) in [5, 5.41) is 29.3. The van der Waals surface area contributed by atoms with Gasteiger partial charge in [0.1, 0.15) is 11.3 Å². The molecular weight excluding hydrogens is 384 g/mol. The van der Waals surface area contributed by atoms with Crippen LogP contribution in [0.15, 0.2) is 12.1 Å². The second-order valence-electron chi connectivity index (χ2n) is 7.29. The quantitative estimate of drug-likeness (QED) is 0.656. The first kappa shape index (κ1) is 21.0. The van der Waals surface area contributed by atoms with Gasteiger partial charge in [0.2, 0.25) is 0 Å². The van der Waals surface area contributed by atoms with E-state index in [9.17, 15) is 25.1 Å². The minimum absolute atomic E-state index is 0.0123. The molecule has 0 radical (unpaired) electrons. The predicted octanol–water partition coefficient (Wildman–Crippen LogP) is 3.93. The number of aromatic nitrogens is 3. The molecule has 0 spiro atoms. The highest BCUT2D eigenvalue weighted by atomic mass is 16.4. The van der Waals surface area contributed by atoms with Crippen molar-refractivity contribution in [2.24, 2.45) is 0 Å². The lowest BCUT2D eigenvalue weighted by Gasteiger charge is -2.20. The van der Waals surface area contributed by atoms with E-state index in [1.807, 2.05) is 26.8 Å². The Morgan fingerprint density at radius 1 is 1.17 bits per heavy atom. The van der Waals surface area contributed by atoms with Gasteiger partial charge in [0.15, 0.2) is 5.65 Å². The number of aromatic carboxylic acids is 2. The molecule has 0 aliphatic carbocycles. The molecule has 1 aromatic carbocycles. The van der Waals surface area contributed by atoms with Gasteiger partial charge in [-0.2, -0.15) is 5.26 Å². The molecule has 0 saturated heterocycles. The van der Waals surface area contributed by atoms with E-state index in [0.29, 0.717) is 40.2 Å². The summed E-state index contributed by atoms with van der Waals surface area (Å²) < 4.78 is 1.54. The van der Waals surface area contributed by atoms with Crippen LogP contribution in [0.5, 0.6) is 0 Å². The van der Waals surface area contributed by atoms with E-state index in [2.05, 4.69) is 16.0 Å². The summed E-state index contributed by atoms with van der Waals surface area (Å²) >= 11 is 0. The number of nitriles is 1. The number of hydrogen-bond acceptors (Lipinski definition) is 5. The van der Waals surface area contributed by atoms with E-state index in [1.54, 1.807) is 13.8 Å². The van der Waals surface area contributed by atoms with E-state index in [1.165, 1.54) is 10.6 Å². The fraction of sp³-hybridized carbons (Fsp3) is 0.318. The molecule has 154 valence electrons. The molecule has 2 N–H and O–H groups in total. The van der Waals surface area contributed by atoms with Crippen LogP contribution in [-0.4, -0.2) is 36.7 Å². The molecule has 2 aromatic heterocycles. The van der Waals surface area contributed by atoms with Crippen molar-refractivity contribution in [3.05, 3.63) is 51.5 Å². The molecular formula is C22H22N4O4. The number of rotatable bonds is 5. The Hall–Kier alpha value is -3.73. The summed E-state index contributed by atoms with van der Waals surface area (Å²) in [7, 11) is 0. The van der Waals surface area contributed by atoms with Crippen LogP contribution in [0.1, 0.15) is 68.7 Å². The number of fused-ring (bicyclic) bond motifs is 1. The lowest BCUT2D eigenvalue weighted by Crippen LogP contribution is -2.18. The standard InChI is InChI=1S/C22H22N4O4/c1-6-16-25-18-10(2)7-12(4)24-20(18)26(16)19-15(21(27)28)8-14(11(3)9-23)13(5)17(19)22(29)30/h7-8,11H,6H2,1-5H3,(H,27,28)(H,29,30). The number of carbonyl (C=O) groups is 2. The number of imidazole rings is 1. The van der Waals surface area contributed by atoms with Crippen LogP contribution in [0.25, 0.3) is 16.9 Å². The molecule has 2 heterocycles. The molecule has 8 nitrogen and oxygen atoms in total. The minimum atomic E-state index is -1.29. The lowest BCUT2D eigenvalue weighted by atomic mass is 9.89. The van der Waals surface area contributed by atoms with E-state index in [4.69, 9.17) is 0 Å². The topological polar surface area (TPSA) is 129 Å². The van der Waals surface area contributed by atoms with E-state index in [-0.39, 0.29) is 16.8 Å². The van der Waals surface area contributed by atoms with Gasteiger partial charge in [0.05, 0.1) is 28.8 Å². The summed E-state index contributed by atoms with van der Waals surface area (Å²) in [5.74, 6) is -2.71. The Balaban J connectivity index is 2.60. The van der Waals surface area contributed by atoms with Crippen LogP contribution < -0.4 is 0 Å². The van der Waals surface area contributed by atoms with E-state index >= 15 is 0 Å². The summed E-state index contributed by atoms with van der Waals surface area (Å²) in [6, 6.07) is 5.32. The first-order chi connectivity index (χ1) is 14.1. The number of nitrogens with zero attached hydrogens (tertiary/aromatic N) is 4. The van der Waals surface area contributed by atoms with Crippen molar-refractivity contribution in [3.63, 3.8) is 0 Å². The molecule has 0 saturated carbocycles. The Morgan fingerprint density at radius 3 is 2.37 bits per heavy atom. The molecule has 0 aliphatic rings. The zero-order valence-electron chi connectivity index (χ0n) is 17.4. The third kappa shape index (κ3) is 3.18. The molecule has 1 atom stereocenters. The van der Waals surface area contributed by atoms with Gasteiger partial charge in [-0.15, -0.1) is 0 Å². The Morgan fingerprint density at radius 2 is 1.83 bits per heavy atom. The SMILES string of the molecule is CCc1nc2c(C)cc(C)nc2n1-c1c(C(=O)O)cc(C(C)C#N)c(C)c1C(=O)O. The highest BCUT2D eigenvalue weighted by Crippen LogP contribution is 2.34. The fourth-order valence-electron chi connectivity index (χ4n) is 3.84. The van der Waals surface area contributed by atoms with Crippen LogP contribution >= 0.6 is 0 Å². The third-order valence-corrected chi connectivity index (χ3v) is 5.25. The maximum atomic E-state index is 12.3. The van der Waals surface area contributed by atoms with Crippen molar-refractivity contribution < 1.29 is 19.8 Å². The zero-order valence-corrected chi connectivity index (χ0v) is 17.4. The Bertz CT molecular complexity index is 1250. The number of pyridine rings is 1. The fourth-order valence-corrected chi connectivity index (χ4v) is 3.84. The average Bonchev–Trinajstić information content (AvgIpc) is 3.04. The Labute approximate surface area is 173 Å². The average molecular weight is 406 g/mol. The lowest BCUT2D eigenvalue weighted by molar-refractivity contribution is 0.0695. The van der Waals surface area contributed by atoms with Crippen molar-refractivity contribution in [1.82, 2.24) is 14.5 Å². The smallest absolute Gasteiger partial charge is 0.338 e. The Kier molecular flexibility index (Phi) is 5.31. The van der Waals surface area contributed by atoms with Gasteiger partial charge in [-0.3, -0.25) is 4.57 Å². The van der Waals surface area contributed by atoms with Crippen molar-refractivity contribution in [1.29, 1.82) is 5.26 Å². The van der Waals surface area contributed by atoms with Crippen LogP contribution in [-0.2, 0) is 6.42 Å². The largest absolute Gasteiger partial charge is 0.478 e. The predicted molar refractivity (Wildman–Crippen MR) is 110 cm³/mol. The maximum Gasteiger partial charge on any atom is 0.338 e. The number of carboxylic acid groups (broad SMARTS) is 2. The van der Waals surface area contributed by atoms with E-state index < -0.39 is 17.9 Å². The number of hydrogen-bond donors (Lipinski definition) is 2. The molecule has 0 fully saturated rings. The third-order valence-electron chi connectivity index (χ3n) is 5.25. The van der Waals surface area contributed by atoms with Gasteiger partial charge >= 0.3 is 11.9 Å². The zero-order chi connectivity index (χ0) is 22.3. The van der Waals surface area contributed by atoms with Crippen LogP contribution in [0.2, 0.25) is 0 Å². The second-order valence-corrected chi connectivity index (χ2v) is 7.29. The van der Waals surface area contributed by atoms with Crippen molar-refractivity contribution in [2.45, 2.75) is 47.0 Å². The first-order valence-corrected chi connectivity index (χ1v) is 9.51. The molecule has 30 heavy (non-hydrogen) atoms. The van der Waals surface area contributed by atoms with Crippen molar-refractivity contribution in [3.8, 4) is 11.8 Å². The second kappa shape index (κ2) is 7.59. The number of benzene rings is 1. The highest BCUT2D eigenvalue weighted by molar-refractivity contribution is 6.03. The minimum Gasteiger partial charge on any atom is -0.478 e. The molecule has 8 heteroatoms. The summed E-state index contributed by atoms with van der Waals surface area (Å²) in [6.45, 7) is 8.76. The van der Waals surface area contributed by atoms with Gasteiger partial charge in [0.25, 0.3) is 0 Å². The van der Waals surface area contributed by atoms with Crippen LogP contribution in [0.4, 0.5) is 0 Å². The van der Waals surface area contributed by atoms with Gasteiger partial charge in [0, 0.05) is 12.1 Å². The normalized spacial score (nSPS) is 12.0. The summed E-state index contributed by atoms with van der Waals surface area (Å²) in [6.07, 6.45) is 0.447. The van der Waals surface area contributed by atoms with Gasteiger partial charge < -0.3 is 10.2 Å². The molecule has 0 aliphatic heterocycles. The molecule has 3 rings (SSSR count). The maximum absolute atomic E-state index is 12.3. The van der Waals surface area contributed by atoms with Crippen LogP contribution in [0, 0.1) is 32.1 Å². The monoisotopic (exact) mass is 406 g/mol. The summed E-state index contributed by atoms with van der Waals surface area (Å²) in [4.78, 5) is 33.7. The first-order valence-electron chi connectivity index (χ1n) is 9.51. The number of carboxylic acids is 2. The molecule has 0 amide bonds. The highest BCUT2D eigenvalue weighted by Gasteiger charge is 2.29. The van der Waals surface area contributed by atoms with E-state index in [0.717, 1.165) is 5.56 Å². The summed E-state index contributed by atoms with van der Waals surface area (Å²) in [5.41, 5.74) is 2.95.